The molecule has 1 aliphatic heterocycles. The fourth-order valence-electron chi connectivity index (χ4n) is 2.27. The van der Waals surface area contributed by atoms with Crippen molar-refractivity contribution in [3.63, 3.8) is 0 Å². The largest absolute Gasteiger partial charge is 0.480 e. The van der Waals surface area contributed by atoms with Crippen LogP contribution in [-0.4, -0.2) is 66.0 Å². The quantitative estimate of drug-likeness (QED) is 0.773. The minimum absolute atomic E-state index is 0.197. The average molecular weight is 308 g/mol. The van der Waals surface area contributed by atoms with E-state index in [2.05, 4.69) is 0 Å². The van der Waals surface area contributed by atoms with E-state index in [0.717, 1.165) is 4.31 Å². The van der Waals surface area contributed by atoms with Gasteiger partial charge in [0, 0.05) is 19.1 Å². The number of nitrogens with zero attached hydrogens (tertiary/aromatic N) is 2. The van der Waals surface area contributed by atoms with Crippen LogP contribution in [0.25, 0.3) is 0 Å². The van der Waals surface area contributed by atoms with Gasteiger partial charge >= 0.3 is 5.97 Å². The maximum Gasteiger partial charge on any atom is 0.318 e. The van der Waals surface area contributed by atoms with Crippen molar-refractivity contribution in [2.24, 2.45) is 0 Å². The van der Waals surface area contributed by atoms with Crippen LogP contribution in [0.15, 0.2) is 0 Å². The van der Waals surface area contributed by atoms with Gasteiger partial charge in [0.05, 0.1) is 12.2 Å². The number of carbonyl (C=O) groups is 1. The molecule has 1 heterocycles. The zero-order valence-electron chi connectivity index (χ0n) is 12.4. The normalized spacial score (nSPS) is 26.6. The van der Waals surface area contributed by atoms with Crippen molar-refractivity contribution in [3.05, 3.63) is 0 Å². The Kier molecular flexibility index (Phi) is 5.93. The van der Waals surface area contributed by atoms with Crippen molar-refractivity contribution in [1.29, 1.82) is 0 Å². The first-order valence-electron chi connectivity index (χ1n) is 6.82. The Morgan fingerprint density at radius 3 is 2.30 bits per heavy atom. The third-order valence-corrected chi connectivity index (χ3v) is 5.41. The number of morpholine rings is 1. The fourth-order valence-corrected chi connectivity index (χ4v) is 4.24. The predicted molar refractivity (Wildman–Crippen MR) is 74.6 cm³/mol. The molecule has 1 saturated heterocycles. The van der Waals surface area contributed by atoms with E-state index in [1.54, 1.807) is 6.92 Å². The van der Waals surface area contributed by atoms with E-state index in [1.807, 2.05) is 20.8 Å². The molecule has 0 saturated carbocycles. The van der Waals surface area contributed by atoms with Gasteiger partial charge < -0.3 is 9.84 Å². The summed E-state index contributed by atoms with van der Waals surface area (Å²) in [4.78, 5) is 10.9. The standard InChI is InChI=1S/C12H24N2O5S/c1-5-9(2)14(8-12(15)16)20(17,18)13-6-10(3)19-11(4)7-13/h9-11H,5-8H2,1-4H3,(H,15,16). The van der Waals surface area contributed by atoms with Crippen LogP contribution in [0.1, 0.15) is 34.1 Å². The van der Waals surface area contributed by atoms with Crippen LogP contribution in [-0.2, 0) is 19.7 Å². The van der Waals surface area contributed by atoms with Crippen LogP contribution in [0.4, 0.5) is 0 Å². The molecule has 0 aromatic heterocycles. The Balaban J connectivity index is 2.99. The second-order valence-corrected chi connectivity index (χ2v) is 7.16. The first-order chi connectivity index (χ1) is 9.18. The molecule has 0 aromatic rings. The van der Waals surface area contributed by atoms with Crippen LogP contribution in [0.2, 0.25) is 0 Å². The predicted octanol–water partition coefficient (Wildman–Crippen LogP) is 0.526. The maximum atomic E-state index is 12.6. The zero-order valence-corrected chi connectivity index (χ0v) is 13.3. The third kappa shape index (κ3) is 4.15. The summed E-state index contributed by atoms with van der Waals surface area (Å²) >= 11 is 0. The minimum atomic E-state index is -3.79. The highest BCUT2D eigenvalue weighted by Crippen LogP contribution is 2.20. The Labute approximate surface area is 120 Å². The summed E-state index contributed by atoms with van der Waals surface area (Å²) in [5.41, 5.74) is 0. The summed E-state index contributed by atoms with van der Waals surface area (Å²) in [5.74, 6) is -1.15. The molecule has 0 amide bonds. The lowest BCUT2D eigenvalue weighted by Gasteiger charge is -2.38. The molecule has 118 valence electrons. The van der Waals surface area contributed by atoms with Gasteiger partial charge in [0.25, 0.3) is 10.2 Å². The molecule has 20 heavy (non-hydrogen) atoms. The molecule has 1 rings (SSSR count). The molecule has 0 spiro atoms. The van der Waals surface area contributed by atoms with Gasteiger partial charge in [-0.3, -0.25) is 4.79 Å². The lowest BCUT2D eigenvalue weighted by molar-refractivity contribution is -0.137. The van der Waals surface area contributed by atoms with E-state index in [-0.39, 0.29) is 31.3 Å². The molecule has 1 aliphatic rings. The smallest absolute Gasteiger partial charge is 0.318 e. The fraction of sp³-hybridized carbons (Fsp3) is 0.917. The van der Waals surface area contributed by atoms with Gasteiger partial charge in [0.15, 0.2) is 0 Å². The number of hydrogen-bond donors (Lipinski definition) is 1. The molecule has 8 heteroatoms. The van der Waals surface area contributed by atoms with Crippen LogP contribution >= 0.6 is 0 Å². The van der Waals surface area contributed by atoms with Gasteiger partial charge in [-0.2, -0.15) is 17.0 Å². The van der Waals surface area contributed by atoms with E-state index in [9.17, 15) is 13.2 Å². The first kappa shape index (κ1) is 17.4. The van der Waals surface area contributed by atoms with Crippen molar-refractivity contribution in [2.45, 2.75) is 52.4 Å². The Morgan fingerprint density at radius 2 is 1.90 bits per heavy atom. The number of rotatable bonds is 6. The summed E-state index contributed by atoms with van der Waals surface area (Å²) in [6, 6.07) is -0.357. The number of carboxylic acids is 1. The molecule has 0 aromatic carbocycles. The molecule has 0 radical (unpaired) electrons. The van der Waals surface area contributed by atoms with Crippen molar-refractivity contribution >= 4 is 16.2 Å². The van der Waals surface area contributed by atoms with Crippen molar-refractivity contribution in [2.75, 3.05) is 19.6 Å². The second kappa shape index (κ2) is 6.84. The molecule has 7 nitrogen and oxygen atoms in total. The highest BCUT2D eigenvalue weighted by Gasteiger charge is 2.37. The van der Waals surface area contributed by atoms with Gasteiger partial charge in [-0.1, -0.05) is 6.92 Å². The lowest BCUT2D eigenvalue weighted by atomic mass is 10.2. The monoisotopic (exact) mass is 308 g/mol. The summed E-state index contributed by atoms with van der Waals surface area (Å²) in [7, 11) is -3.79. The van der Waals surface area contributed by atoms with Crippen LogP contribution in [0.3, 0.4) is 0 Å². The highest BCUT2D eigenvalue weighted by molar-refractivity contribution is 7.86. The Bertz CT molecular complexity index is 429. The SMILES string of the molecule is CCC(C)N(CC(=O)O)S(=O)(=O)N1CC(C)OC(C)C1. The number of ether oxygens (including phenoxy) is 1. The number of carboxylic acid groups (broad SMARTS) is 1. The number of hydrogen-bond acceptors (Lipinski definition) is 4. The summed E-state index contributed by atoms with van der Waals surface area (Å²) in [5, 5.41) is 8.94. The molecular weight excluding hydrogens is 284 g/mol. The Morgan fingerprint density at radius 1 is 1.40 bits per heavy atom. The van der Waals surface area contributed by atoms with E-state index in [4.69, 9.17) is 9.84 Å². The molecular formula is C12H24N2O5S. The molecule has 0 aliphatic carbocycles. The van der Waals surface area contributed by atoms with Gasteiger partial charge in [-0.05, 0) is 27.2 Å². The van der Waals surface area contributed by atoms with Crippen molar-refractivity contribution in [3.8, 4) is 0 Å². The van der Waals surface area contributed by atoms with E-state index in [1.165, 1.54) is 4.31 Å². The average Bonchev–Trinajstić information content (AvgIpc) is 2.33. The molecule has 3 atom stereocenters. The Hall–Kier alpha value is -0.700. The van der Waals surface area contributed by atoms with E-state index in [0.29, 0.717) is 6.42 Å². The third-order valence-electron chi connectivity index (χ3n) is 3.38. The minimum Gasteiger partial charge on any atom is -0.480 e. The molecule has 0 bridgehead atoms. The van der Waals surface area contributed by atoms with Crippen molar-refractivity contribution < 1.29 is 23.1 Å². The second-order valence-electron chi connectivity index (χ2n) is 5.28. The summed E-state index contributed by atoms with van der Waals surface area (Å²) in [6.45, 7) is 7.15. The summed E-state index contributed by atoms with van der Waals surface area (Å²) < 4.78 is 33.2. The first-order valence-corrected chi connectivity index (χ1v) is 8.22. The molecule has 3 unspecified atom stereocenters. The zero-order chi connectivity index (χ0) is 15.5. The summed E-state index contributed by atoms with van der Waals surface area (Å²) in [6.07, 6.45) is 0.163. The van der Waals surface area contributed by atoms with Gasteiger partial charge in [0.2, 0.25) is 0 Å². The van der Waals surface area contributed by atoms with Crippen LogP contribution < -0.4 is 0 Å². The number of aliphatic carboxylic acids is 1. The molecule has 1 N–H and O–H groups in total. The topological polar surface area (TPSA) is 87.2 Å². The maximum absolute atomic E-state index is 12.6. The van der Waals surface area contributed by atoms with E-state index < -0.39 is 22.7 Å². The van der Waals surface area contributed by atoms with Crippen LogP contribution in [0.5, 0.6) is 0 Å². The lowest BCUT2D eigenvalue weighted by Crippen LogP contribution is -2.55. The van der Waals surface area contributed by atoms with Gasteiger partial charge in [-0.25, -0.2) is 0 Å². The van der Waals surface area contributed by atoms with E-state index >= 15 is 0 Å². The van der Waals surface area contributed by atoms with Gasteiger partial charge in [0.1, 0.15) is 6.54 Å². The molecule has 1 fully saturated rings. The van der Waals surface area contributed by atoms with Gasteiger partial charge in [-0.15, -0.1) is 0 Å². The highest BCUT2D eigenvalue weighted by atomic mass is 32.2. The van der Waals surface area contributed by atoms with Crippen LogP contribution in [0, 0.1) is 0 Å². The van der Waals surface area contributed by atoms with Crippen molar-refractivity contribution in [1.82, 2.24) is 8.61 Å².